The van der Waals surface area contributed by atoms with Gasteiger partial charge >= 0.3 is 6.09 Å². The number of hydrogen-bond donors (Lipinski definition) is 5. The first-order valence-corrected chi connectivity index (χ1v) is 20.5. The summed E-state index contributed by atoms with van der Waals surface area (Å²) >= 11 is 0. The second-order valence-electron chi connectivity index (χ2n) is 16.2. The normalized spacial score (nSPS) is 21.0. The number of benzene rings is 4. The summed E-state index contributed by atoms with van der Waals surface area (Å²) in [5.41, 5.74) is 7.87. The van der Waals surface area contributed by atoms with Crippen molar-refractivity contribution in [2.75, 3.05) is 34.9 Å². The summed E-state index contributed by atoms with van der Waals surface area (Å²) < 4.78 is 23.2. The van der Waals surface area contributed by atoms with Crippen LogP contribution in [-0.2, 0) is 35.4 Å². The van der Waals surface area contributed by atoms with E-state index < -0.39 is 42.2 Å². The largest absolute Gasteiger partial charge is 0.504 e. The number of phenols is 2. The topological polar surface area (TPSA) is 182 Å². The summed E-state index contributed by atoms with van der Waals surface area (Å²) in [4.78, 5) is 35.5. The molecule has 14 nitrogen and oxygen atoms in total. The molecule has 8 rings (SSSR count). The molecule has 2 amide bonds. The molecule has 1 saturated heterocycles. The molecule has 318 valence electrons. The lowest BCUT2D eigenvalue weighted by Gasteiger charge is -2.60. The molecule has 0 aliphatic carbocycles. The number of hydrogen-bond acceptors (Lipinski definition) is 11. The molecule has 3 aliphatic heterocycles. The monoisotopic (exact) mass is 828 g/mol. The third-order valence-corrected chi connectivity index (χ3v) is 13.2. The Morgan fingerprint density at radius 2 is 1.52 bits per heavy atom. The zero-order valence-corrected chi connectivity index (χ0v) is 35.5. The average Bonchev–Trinajstić information content (AvgIpc) is 3.67. The average molecular weight is 829 g/mol. The molecular formula is C47H52N6O8. The molecule has 1 fully saturated rings. The highest BCUT2D eigenvalue weighted by atomic mass is 16.5. The van der Waals surface area contributed by atoms with Crippen molar-refractivity contribution in [1.82, 2.24) is 25.4 Å². The molecule has 5 N–H and O–H groups in total. The predicted octanol–water partition coefficient (Wildman–Crippen LogP) is 5.96. The van der Waals surface area contributed by atoms with E-state index in [4.69, 9.17) is 18.9 Å². The number of piperazine rings is 1. The van der Waals surface area contributed by atoms with Crippen molar-refractivity contribution < 1.29 is 38.7 Å². The van der Waals surface area contributed by atoms with Crippen LogP contribution < -0.4 is 24.8 Å². The first-order chi connectivity index (χ1) is 29.4. The number of fused-ring (bicyclic) bond motifs is 8. The number of nitrogens with zero attached hydrogens (tertiary/aromatic N) is 3. The minimum absolute atomic E-state index is 0.0155. The van der Waals surface area contributed by atoms with Crippen molar-refractivity contribution in [3.05, 3.63) is 111 Å². The first kappa shape index (κ1) is 41.3. The van der Waals surface area contributed by atoms with Gasteiger partial charge in [0.05, 0.1) is 39.5 Å². The number of likely N-dealkylation sites (N-methyl/N-ethyl adjacent to an activating group) is 1. The van der Waals surface area contributed by atoms with Gasteiger partial charge in [0.2, 0.25) is 5.91 Å². The van der Waals surface area contributed by atoms with Crippen molar-refractivity contribution in [3.63, 3.8) is 0 Å². The lowest BCUT2D eigenvalue weighted by atomic mass is 9.70. The molecule has 1 aromatic heterocycles. The fourth-order valence-electron chi connectivity index (χ4n) is 10.3. The number of para-hydroxylation sites is 1. The third kappa shape index (κ3) is 6.91. The number of phenolic OH excluding ortho intramolecular Hbond substituents is 2. The summed E-state index contributed by atoms with van der Waals surface area (Å²) in [6.07, 6.45) is 2.03. The fraction of sp³-hybridized carbons (Fsp3) is 0.383. The number of methoxy groups -OCH3 is 3. The molecule has 4 heterocycles. The van der Waals surface area contributed by atoms with Gasteiger partial charge in [-0.25, -0.2) is 4.79 Å². The van der Waals surface area contributed by atoms with Crippen LogP contribution in [0.1, 0.15) is 62.2 Å². The van der Waals surface area contributed by atoms with Gasteiger partial charge in [-0.1, -0.05) is 48.5 Å². The van der Waals surface area contributed by atoms with Crippen LogP contribution in [0.5, 0.6) is 28.7 Å². The molecule has 3 aliphatic rings. The van der Waals surface area contributed by atoms with Gasteiger partial charge in [-0.2, -0.15) is 5.26 Å². The minimum Gasteiger partial charge on any atom is -0.504 e. The molecule has 61 heavy (non-hydrogen) atoms. The lowest BCUT2D eigenvalue weighted by molar-refractivity contribution is -0.124. The SMILES string of the molecule is COc1c(C)c(C)c2c(c1O)[C@@H]1[C@@H]3Cc4c(OC)c(C)c(OC)c(O)c4[C@H](CNC(=O)[C@H](Cc4c[nH]c5ccccc45)NC(=O)OCc4ccccc4)N3C(C#N)[C@H](C2)N1C. The van der Waals surface area contributed by atoms with E-state index in [1.54, 1.807) is 14.2 Å². The number of alkyl carbamates (subject to hydrolysis) is 1. The van der Waals surface area contributed by atoms with Crippen molar-refractivity contribution in [2.45, 2.75) is 82.9 Å². The number of aromatic nitrogens is 1. The summed E-state index contributed by atoms with van der Waals surface area (Å²) in [7, 11) is 6.58. The maximum Gasteiger partial charge on any atom is 0.408 e. The second kappa shape index (κ2) is 16.6. The summed E-state index contributed by atoms with van der Waals surface area (Å²) in [5, 5.41) is 42.1. The van der Waals surface area contributed by atoms with Gasteiger partial charge in [0, 0.05) is 64.4 Å². The Hall–Kier alpha value is -6.43. The maximum absolute atomic E-state index is 14.6. The van der Waals surface area contributed by atoms with Crippen molar-refractivity contribution in [2.24, 2.45) is 0 Å². The zero-order valence-electron chi connectivity index (χ0n) is 35.5. The van der Waals surface area contributed by atoms with Crippen LogP contribution >= 0.6 is 0 Å². The van der Waals surface area contributed by atoms with Crippen LogP contribution in [0, 0.1) is 32.1 Å². The quantitative estimate of drug-likeness (QED) is 0.106. The van der Waals surface area contributed by atoms with E-state index >= 15 is 0 Å². The van der Waals surface area contributed by atoms with Gasteiger partial charge in [-0.15, -0.1) is 0 Å². The molecule has 1 unspecified atom stereocenters. The van der Waals surface area contributed by atoms with Crippen LogP contribution in [0.3, 0.4) is 0 Å². The van der Waals surface area contributed by atoms with Gasteiger partial charge < -0.3 is 44.8 Å². The fourth-order valence-corrected chi connectivity index (χ4v) is 10.3. The van der Waals surface area contributed by atoms with Crippen LogP contribution in [0.25, 0.3) is 10.9 Å². The van der Waals surface area contributed by atoms with Crippen LogP contribution in [0.4, 0.5) is 4.79 Å². The Bertz CT molecular complexity index is 2550. The van der Waals surface area contributed by atoms with Gasteiger partial charge in [0.1, 0.15) is 24.4 Å². The maximum atomic E-state index is 14.6. The number of ether oxygens (including phenoxy) is 4. The van der Waals surface area contributed by atoms with E-state index in [2.05, 4.69) is 31.5 Å². The summed E-state index contributed by atoms with van der Waals surface area (Å²) in [6.45, 7) is 5.73. The van der Waals surface area contributed by atoms with E-state index in [9.17, 15) is 25.1 Å². The lowest BCUT2D eigenvalue weighted by Crippen LogP contribution is -2.69. The van der Waals surface area contributed by atoms with E-state index in [-0.39, 0.29) is 42.9 Å². The Balaban J connectivity index is 1.20. The molecule has 5 aromatic rings. The molecular weight excluding hydrogens is 777 g/mol. The van der Waals surface area contributed by atoms with Gasteiger partial charge in [0.25, 0.3) is 0 Å². The van der Waals surface area contributed by atoms with E-state index in [0.717, 1.165) is 44.3 Å². The minimum atomic E-state index is -1.07. The van der Waals surface area contributed by atoms with Crippen molar-refractivity contribution >= 4 is 22.9 Å². The smallest absolute Gasteiger partial charge is 0.408 e. The molecule has 2 bridgehead atoms. The highest BCUT2D eigenvalue weighted by Crippen LogP contribution is 2.57. The van der Waals surface area contributed by atoms with Crippen molar-refractivity contribution in [1.29, 1.82) is 5.26 Å². The van der Waals surface area contributed by atoms with Crippen LogP contribution in [0.15, 0.2) is 60.8 Å². The molecule has 6 atom stereocenters. The van der Waals surface area contributed by atoms with Crippen LogP contribution in [0.2, 0.25) is 0 Å². The van der Waals surface area contributed by atoms with Gasteiger partial charge in [-0.3, -0.25) is 14.6 Å². The number of carbonyl (C=O) groups excluding carboxylic acids is 2. The predicted molar refractivity (Wildman–Crippen MR) is 228 cm³/mol. The molecule has 0 spiro atoms. The molecule has 4 aromatic carbocycles. The Labute approximate surface area is 355 Å². The highest BCUT2D eigenvalue weighted by Gasteiger charge is 2.57. The molecule has 0 radical (unpaired) electrons. The first-order valence-electron chi connectivity index (χ1n) is 20.5. The Morgan fingerprint density at radius 3 is 2.23 bits per heavy atom. The molecule has 0 saturated carbocycles. The van der Waals surface area contributed by atoms with Crippen LogP contribution in [-0.4, -0.2) is 96.1 Å². The number of aromatic amines is 1. The Morgan fingerprint density at radius 1 is 0.869 bits per heavy atom. The van der Waals surface area contributed by atoms with E-state index in [1.807, 2.05) is 88.6 Å². The number of nitriles is 1. The number of carbonyl (C=O) groups is 2. The number of nitrogens with one attached hydrogen (secondary N) is 3. The number of aromatic hydroxyl groups is 2. The third-order valence-electron chi connectivity index (χ3n) is 13.2. The summed E-state index contributed by atoms with van der Waals surface area (Å²) in [5.74, 6) is 0.627. The van der Waals surface area contributed by atoms with Gasteiger partial charge in [-0.05, 0) is 74.5 Å². The highest BCUT2D eigenvalue weighted by molar-refractivity contribution is 5.88. The Kier molecular flexibility index (Phi) is 11.2. The number of amides is 2. The van der Waals surface area contributed by atoms with Crippen molar-refractivity contribution in [3.8, 4) is 34.8 Å². The van der Waals surface area contributed by atoms with E-state index in [0.29, 0.717) is 41.0 Å². The zero-order chi connectivity index (χ0) is 43.3. The number of rotatable bonds is 11. The van der Waals surface area contributed by atoms with Gasteiger partial charge in [0.15, 0.2) is 23.0 Å². The molecule has 14 heteroatoms. The standard InChI is InChI=1S/C47H52N6O8/c1-24-25(2)44(59-6)42(55)39-30(24)18-34-36(20-48)53-35(40(39)52(34)4)19-31-38(41(54)45(60-7)26(3)43(31)58-5)37(53)22-50-46(56)33(17-28-21-49-32-16-12-11-15-29(28)32)51-47(57)61-23-27-13-9-8-10-14-27/h8-16,21,33-37,40,49,54-55H,17-19,22-23H2,1-7H3,(H,50,56)(H,51,57)/t33-,34-,35-,36?,37-,40-/m0/s1. The summed E-state index contributed by atoms with van der Waals surface area (Å²) in [6, 6.07) is 15.9. The van der Waals surface area contributed by atoms with E-state index in [1.165, 1.54) is 7.11 Å². The second-order valence-corrected chi connectivity index (χ2v) is 16.2. The number of H-pyrrole nitrogens is 1.